The highest BCUT2D eigenvalue weighted by Gasteiger charge is 2.45. The molecule has 0 amide bonds. The van der Waals surface area contributed by atoms with Gasteiger partial charge in [-0.2, -0.15) is 16.8 Å². The summed E-state index contributed by atoms with van der Waals surface area (Å²) >= 11 is 0. The lowest BCUT2D eigenvalue weighted by atomic mass is 10.0. The van der Waals surface area contributed by atoms with Crippen LogP contribution in [0.4, 0.5) is 0 Å². The van der Waals surface area contributed by atoms with E-state index >= 15 is 0 Å². The Balaban J connectivity index is 1.83. The van der Waals surface area contributed by atoms with Gasteiger partial charge in [0.05, 0.1) is 23.0 Å². The van der Waals surface area contributed by atoms with Crippen LogP contribution in [0.5, 0.6) is 0 Å². The summed E-state index contributed by atoms with van der Waals surface area (Å²) in [6.45, 7) is 3.99. The summed E-state index contributed by atoms with van der Waals surface area (Å²) in [6.07, 6.45) is -5.43. The SMILES string of the molecule is CC(=O)OC1C(COS(=O)(=O)c2ccc(C)cc2)OCOC(COS(=O)(=O)c2ccc(C)cc2)C1OC(C)=O. The Hall–Kier alpha value is -2.88. The van der Waals surface area contributed by atoms with Gasteiger partial charge in [0.25, 0.3) is 20.2 Å². The summed E-state index contributed by atoms with van der Waals surface area (Å²) in [5.74, 6) is -1.61. The van der Waals surface area contributed by atoms with Crippen molar-refractivity contribution in [2.75, 3.05) is 20.0 Å². The van der Waals surface area contributed by atoms with Crippen molar-refractivity contribution in [3.05, 3.63) is 59.7 Å². The van der Waals surface area contributed by atoms with Gasteiger partial charge in [0.15, 0.2) is 12.2 Å². The van der Waals surface area contributed by atoms with Crippen LogP contribution in [0.2, 0.25) is 0 Å². The highest BCUT2D eigenvalue weighted by molar-refractivity contribution is 7.87. The van der Waals surface area contributed by atoms with Gasteiger partial charge in [-0.05, 0) is 38.1 Å². The van der Waals surface area contributed by atoms with E-state index in [1.54, 1.807) is 38.1 Å². The van der Waals surface area contributed by atoms with Crippen molar-refractivity contribution < 1.29 is 53.7 Å². The Morgan fingerprint density at radius 3 is 1.33 bits per heavy atom. The van der Waals surface area contributed by atoms with Gasteiger partial charge in [0.1, 0.15) is 19.0 Å². The van der Waals surface area contributed by atoms with Crippen LogP contribution < -0.4 is 0 Å². The normalized spacial score (nSPS) is 22.1. The van der Waals surface area contributed by atoms with Crippen LogP contribution in [0.3, 0.4) is 0 Å². The lowest BCUT2D eigenvalue weighted by Crippen LogP contribution is -2.51. The van der Waals surface area contributed by atoms with Crippen LogP contribution in [-0.4, -0.2) is 73.2 Å². The molecule has 1 heterocycles. The van der Waals surface area contributed by atoms with E-state index in [1.165, 1.54) is 24.3 Å². The topological polar surface area (TPSA) is 158 Å². The van der Waals surface area contributed by atoms with E-state index in [2.05, 4.69) is 0 Å². The Bertz CT molecular complexity index is 1250. The zero-order chi connectivity index (χ0) is 28.8. The molecule has 0 spiro atoms. The molecule has 0 aromatic heterocycles. The molecular formula is C25H30O12S2. The molecule has 1 saturated heterocycles. The van der Waals surface area contributed by atoms with Crippen LogP contribution in [0, 0.1) is 13.8 Å². The standard InChI is InChI=1S/C25H30O12S2/c1-16-5-9-20(10-6-16)38(28,29)34-13-22-24(36-18(3)26)25(37-19(4)27)23(33-15-32-22)14-35-39(30,31)21-11-7-17(2)8-12-21/h5-12,22-25H,13-15H2,1-4H3. The van der Waals surface area contributed by atoms with E-state index < -0.39 is 76.6 Å². The largest absolute Gasteiger partial charge is 0.456 e. The molecule has 2 aromatic carbocycles. The minimum atomic E-state index is -4.23. The second-order valence-electron chi connectivity index (χ2n) is 8.78. The minimum Gasteiger partial charge on any atom is -0.456 e. The van der Waals surface area contributed by atoms with E-state index in [9.17, 15) is 26.4 Å². The number of esters is 2. The van der Waals surface area contributed by atoms with Crippen molar-refractivity contribution in [1.29, 1.82) is 0 Å². The summed E-state index contributed by atoms with van der Waals surface area (Å²) < 4.78 is 82.9. The maximum atomic E-state index is 12.7. The van der Waals surface area contributed by atoms with Gasteiger partial charge in [0, 0.05) is 13.8 Å². The van der Waals surface area contributed by atoms with Crippen LogP contribution in [0.25, 0.3) is 0 Å². The van der Waals surface area contributed by atoms with Gasteiger partial charge in [-0.3, -0.25) is 18.0 Å². The van der Waals surface area contributed by atoms with Gasteiger partial charge in [0.2, 0.25) is 0 Å². The van der Waals surface area contributed by atoms with Gasteiger partial charge in [-0.25, -0.2) is 0 Å². The minimum absolute atomic E-state index is 0.105. The average Bonchev–Trinajstić information content (AvgIpc) is 3.00. The highest BCUT2D eigenvalue weighted by atomic mass is 32.2. The number of aryl methyl sites for hydroxylation is 2. The fourth-order valence-electron chi connectivity index (χ4n) is 3.64. The molecule has 0 radical (unpaired) electrons. The quantitative estimate of drug-likeness (QED) is 0.295. The van der Waals surface area contributed by atoms with Crippen molar-refractivity contribution in [1.82, 2.24) is 0 Å². The van der Waals surface area contributed by atoms with E-state index in [0.717, 1.165) is 25.0 Å². The van der Waals surface area contributed by atoms with Crippen molar-refractivity contribution in [2.24, 2.45) is 0 Å². The molecule has 0 saturated carbocycles. The van der Waals surface area contributed by atoms with E-state index in [0.29, 0.717) is 0 Å². The smallest absolute Gasteiger partial charge is 0.303 e. The number of carbonyl (C=O) groups is 2. The molecule has 3 rings (SSSR count). The van der Waals surface area contributed by atoms with Gasteiger partial charge >= 0.3 is 11.9 Å². The first-order valence-corrected chi connectivity index (χ1v) is 14.6. The second kappa shape index (κ2) is 13.0. The number of hydrogen-bond acceptors (Lipinski definition) is 12. The predicted molar refractivity (Wildman–Crippen MR) is 134 cm³/mol. The molecule has 0 N–H and O–H groups in total. The predicted octanol–water partition coefficient (Wildman–Crippen LogP) is 2.02. The molecular weight excluding hydrogens is 556 g/mol. The molecule has 12 nitrogen and oxygen atoms in total. The molecule has 14 heteroatoms. The molecule has 214 valence electrons. The third kappa shape index (κ3) is 8.55. The Labute approximate surface area is 227 Å². The number of benzene rings is 2. The zero-order valence-electron chi connectivity index (χ0n) is 21.8. The maximum absolute atomic E-state index is 12.7. The summed E-state index contributed by atoms with van der Waals surface area (Å²) in [6, 6.07) is 11.9. The van der Waals surface area contributed by atoms with Crippen LogP contribution >= 0.6 is 0 Å². The molecule has 2 aromatic rings. The maximum Gasteiger partial charge on any atom is 0.303 e. The third-order valence-electron chi connectivity index (χ3n) is 5.62. The number of rotatable bonds is 10. The third-order valence-corrected chi connectivity index (χ3v) is 8.21. The van der Waals surface area contributed by atoms with Crippen molar-refractivity contribution >= 4 is 32.2 Å². The molecule has 4 unspecified atom stereocenters. The summed E-state index contributed by atoms with van der Waals surface area (Å²) in [5.41, 5.74) is 1.69. The van der Waals surface area contributed by atoms with Crippen LogP contribution in [-0.2, 0) is 57.1 Å². The Morgan fingerprint density at radius 2 is 1.03 bits per heavy atom. The van der Waals surface area contributed by atoms with Crippen molar-refractivity contribution in [3.8, 4) is 0 Å². The molecule has 4 atom stereocenters. The monoisotopic (exact) mass is 586 g/mol. The number of hydrogen-bond donors (Lipinski definition) is 0. The molecule has 1 aliphatic rings. The zero-order valence-corrected chi connectivity index (χ0v) is 23.4. The highest BCUT2D eigenvalue weighted by Crippen LogP contribution is 2.25. The Kier molecular flexibility index (Phi) is 10.2. The van der Waals surface area contributed by atoms with Gasteiger partial charge in [-0.1, -0.05) is 35.4 Å². The molecule has 0 bridgehead atoms. The van der Waals surface area contributed by atoms with Gasteiger partial charge in [-0.15, -0.1) is 0 Å². The summed E-state index contributed by atoms with van der Waals surface area (Å²) in [7, 11) is -8.46. The lowest BCUT2D eigenvalue weighted by molar-refractivity contribution is -0.180. The first kappa shape index (κ1) is 30.7. The number of ether oxygens (including phenoxy) is 4. The molecule has 0 aliphatic carbocycles. The summed E-state index contributed by atoms with van der Waals surface area (Å²) in [5, 5.41) is 0. The first-order chi connectivity index (χ1) is 18.3. The molecule has 39 heavy (non-hydrogen) atoms. The van der Waals surface area contributed by atoms with Gasteiger partial charge < -0.3 is 18.9 Å². The summed E-state index contributed by atoms with van der Waals surface area (Å²) in [4.78, 5) is 23.7. The van der Waals surface area contributed by atoms with E-state index in [1.807, 2.05) is 0 Å². The van der Waals surface area contributed by atoms with Crippen LogP contribution in [0.1, 0.15) is 25.0 Å². The lowest BCUT2D eigenvalue weighted by Gasteiger charge is -2.31. The molecule has 1 fully saturated rings. The fraction of sp³-hybridized carbons (Fsp3) is 0.440. The average molecular weight is 587 g/mol. The number of carbonyl (C=O) groups excluding carboxylic acids is 2. The second-order valence-corrected chi connectivity index (χ2v) is 12.0. The molecule has 1 aliphatic heterocycles. The van der Waals surface area contributed by atoms with Crippen LogP contribution in [0.15, 0.2) is 58.3 Å². The van der Waals surface area contributed by atoms with Crippen molar-refractivity contribution in [2.45, 2.75) is 61.9 Å². The first-order valence-electron chi connectivity index (χ1n) is 11.8. The fourth-order valence-corrected chi connectivity index (χ4v) is 5.48. The Morgan fingerprint density at radius 1 is 0.692 bits per heavy atom. The van der Waals surface area contributed by atoms with E-state index in [-0.39, 0.29) is 9.79 Å². The van der Waals surface area contributed by atoms with Crippen molar-refractivity contribution in [3.63, 3.8) is 0 Å². The van der Waals surface area contributed by atoms with E-state index in [4.69, 9.17) is 27.3 Å².